The fraction of sp³-hybridized carbons (Fsp3) is 0.417. The molecule has 0 bridgehead atoms. The highest BCUT2D eigenvalue weighted by molar-refractivity contribution is 7.77. The van der Waals surface area contributed by atoms with Gasteiger partial charge < -0.3 is 18.8 Å². The van der Waals surface area contributed by atoms with Crippen LogP contribution in [0.1, 0.15) is 39.2 Å². The van der Waals surface area contributed by atoms with Crippen LogP contribution in [0.4, 0.5) is 17.6 Å². The Balaban J connectivity index is 1.71. The van der Waals surface area contributed by atoms with E-state index >= 15 is 4.39 Å². The van der Waals surface area contributed by atoms with E-state index in [1.807, 2.05) is 0 Å². The van der Waals surface area contributed by atoms with Crippen LogP contribution in [0.2, 0.25) is 5.02 Å². The number of nitrogens with two attached hydrogens (primary N) is 1. The average Bonchev–Trinajstić information content (AvgIpc) is 3.60. The van der Waals surface area contributed by atoms with Gasteiger partial charge in [0, 0.05) is 29.6 Å². The summed E-state index contributed by atoms with van der Waals surface area (Å²) in [5.41, 5.74) is 6.07. The Labute approximate surface area is 222 Å². The molecule has 2 N–H and O–H groups in total. The molecule has 8 nitrogen and oxygen atoms in total. The SMILES string of the molecule is CC(N=C(N)C(C)(C)[S-](=O)=NCC(F)(F)F)(c1cc(-c2cc(-c3ncc(Cl)cn3)no2)ccc1F)C1CC1. The van der Waals surface area contributed by atoms with Crippen molar-refractivity contribution in [3.05, 3.63) is 53.1 Å². The normalized spacial score (nSPS) is 17.4. The summed E-state index contributed by atoms with van der Waals surface area (Å²) < 4.78 is 72.8. The van der Waals surface area contributed by atoms with Gasteiger partial charge in [-0.1, -0.05) is 30.6 Å². The lowest BCUT2D eigenvalue weighted by molar-refractivity contribution is -0.117. The average molecular weight is 572 g/mol. The number of hydrogen-bond acceptors (Lipinski definition) is 8. The molecule has 0 saturated heterocycles. The van der Waals surface area contributed by atoms with Crippen LogP contribution in [-0.2, 0) is 20.3 Å². The highest BCUT2D eigenvalue weighted by Crippen LogP contribution is 2.50. The quantitative estimate of drug-likeness (QED) is 0.152. The Morgan fingerprint density at radius 3 is 2.45 bits per heavy atom. The van der Waals surface area contributed by atoms with Gasteiger partial charge in [0.05, 0.1) is 16.4 Å². The Bertz CT molecular complexity index is 1450. The third kappa shape index (κ3) is 5.98. The first-order valence-corrected chi connectivity index (χ1v) is 13.0. The van der Waals surface area contributed by atoms with Gasteiger partial charge in [0.15, 0.2) is 17.3 Å². The van der Waals surface area contributed by atoms with Crippen molar-refractivity contribution >= 4 is 28.0 Å². The predicted molar refractivity (Wildman–Crippen MR) is 135 cm³/mol. The summed E-state index contributed by atoms with van der Waals surface area (Å²) in [6, 6.07) is 5.94. The smallest absolute Gasteiger partial charge is 0.405 e. The van der Waals surface area contributed by atoms with Crippen molar-refractivity contribution in [2.75, 3.05) is 6.54 Å². The summed E-state index contributed by atoms with van der Waals surface area (Å²) in [7, 11) is -2.34. The lowest BCUT2D eigenvalue weighted by Gasteiger charge is -2.34. The number of amidine groups is 1. The second-order valence-electron chi connectivity index (χ2n) is 9.58. The van der Waals surface area contributed by atoms with Gasteiger partial charge in [0.25, 0.3) is 0 Å². The fourth-order valence-electron chi connectivity index (χ4n) is 3.81. The Morgan fingerprint density at radius 2 is 1.84 bits per heavy atom. The van der Waals surface area contributed by atoms with E-state index in [-0.39, 0.29) is 23.1 Å². The predicted octanol–water partition coefficient (Wildman–Crippen LogP) is 6.06. The Morgan fingerprint density at radius 1 is 1.18 bits per heavy atom. The van der Waals surface area contributed by atoms with E-state index in [1.165, 1.54) is 38.4 Å². The summed E-state index contributed by atoms with van der Waals surface area (Å²) in [4.78, 5) is 12.8. The molecule has 38 heavy (non-hydrogen) atoms. The maximum Gasteiger partial charge on any atom is 0.405 e. The summed E-state index contributed by atoms with van der Waals surface area (Å²) in [6.07, 6.45) is -0.298. The molecule has 3 aromatic rings. The van der Waals surface area contributed by atoms with Gasteiger partial charge in [-0.3, -0.25) is 4.99 Å². The van der Waals surface area contributed by atoms with Crippen molar-refractivity contribution in [3.63, 3.8) is 0 Å². The highest BCUT2D eigenvalue weighted by Gasteiger charge is 2.45. The molecule has 1 aliphatic carbocycles. The number of benzene rings is 1. The minimum Gasteiger partial charge on any atom is -0.443 e. The van der Waals surface area contributed by atoms with Crippen molar-refractivity contribution in [1.82, 2.24) is 15.1 Å². The molecule has 0 radical (unpaired) electrons. The monoisotopic (exact) mass is 571 g/mol. The van der Waals surface area contributed by atoms with E-state index in [2.05, 4.69) is 24.5 Å². The van der Waals surface area contributed by atoms with Gasteiger partial charge in [-0.15, -0.1) is 0 Å². The van der Waals surface area contributed by atoms with Gasteiger partial charge in [-0.2, -0.15) is 23.8 Å². The van der Waals surface area contributed by atoms with Crippen LogP contribution >= 0.6 is 11.6 Å². The van der Waals surface area contributed by atoms with Crippen molar-refractivity contribution in [1.29, 1.82) is 0 Å². The van der Waals surface area contributed by atoms with E-state index in [1.54, 1.807) is 19.1 Å². The molecule has 14 heteroatoms. The molecule has 1 aromatic carbocycles. The van der Waals surface area contributed by atoms with Crippen molar-refractivity contribution in [2.45, 2.75) is 50.1 Å². The first kappa shape index (κ1) is 28.0. The van der Waals surface area contributed by atoms with Crippen LogP contribution in [0.5, 0.6) is 0 Å². The molecule has 0 aliphatic heterocycles. The summed E-state index contributed by atoms with van der Waals surface area (Å²) in [6.45, 7) is 2.89. The molecule has 1 fully saturated rings. The van der Waals surface area contributed by atoms with Gasteiger partial charge in [-0.25, -0.2) is 14.4 Å². The third-order valence-electron chi connectivity index (χ3n) is 6.30. The van der Waals surface area contributed by atoms with Crippen LogP contribution < -0.4 is 5.73 Å². The number of alkyl halides is 3. The molecule has 1 atom stereocenters. The molecule has 2 heterocycles. The topological polar surface area (TPSA) is 120 Å². The molecule has 1 unspecified atom stereocenters. The minimum atomic E-state index is -4.61. The van der Waals surface area contributed by atoms with E-state index in [0.717, 1.165) is 12.8 Å². The van der Waals surface area contributed by atoms with E-state index < -0.39 is 39.4 Å². The maximum absolute atomic E-state index is 15.2. The maximum atomic E-state index is 15.2. The molecule has 2 aromatic heterocycles. The number of rotatable bonds is 8. The van der Waals surface area contributed by atoms with E-state index in [9.17, 15) is 17.4 Å². The number of nitrogens with zero attached hydrogens (tertiary/aromatic N) is 5. The zero-order valence-electron chi connectivity index (χ0n) is 20.6. The summed E-state index contributed by atoms with van der Waals surface area (Å²) in [5.74, 6) is -0.223. The molecule has 1 aliphatic rings. The Kier molecular flexibility index (Phi) is 7.54. The zero-order valence-corrected chi connectivity index (χ0v) is 22.2. The van der Waals surface area contributed by atoms with Gasteiger partial charge in [0.2, 0.25) is 0 Å². The van der Waals surface area contributed by atoms with Crippen molar-refractivity contribution in [3.8, 4) is 22.8 Å². The highest BCUT2D eigenvalue weighted by atomic mass is 35.5. The first-order chi connectivity index (χ1) is 17.7. The van der Waals surface area contributed by atoms with Gasteiger partial charge >= 0.3 is 6.18 Å². The van der Waals surface area contributed by atoms with Crippen molar-refractivity contribution < 1.29 is 26.3 Å². The Hall–Kier alpha value is -3.06. The largest absolute Gasteiger partial charge is 0.443 e. The van der Waals surface area contributed by atoms with Crippen LogP contribution in [0, 0.1) is 11.7 Å². The molecule has 0 spiro atoms. The fourth-order valence-corrected chi connectivity index (χ4v) is 4.72. The van der Waals surface area contributed by atoms with E-state index in [4.69, 9.17) is 21.9 Å². The third-order valence-corrected chi connectivity index (χ3v) is 7.94. The van der Waals surface area contributed by atoms with Crippen LogP contribution in [0.25, 0.3) is 22.8 Å². The molecular formula is C24H24ClF4N6O2S-. The number of aromatic nitrogens is 3. The molecule has 4 rings (SSSR count). The summed E-state index contributed by atoms with van der Waals surface area (Å²) >= 11 is 5.83. The van der Waals surface area contributed by atoms with Gasteiger partial charge in [-0.05, 0) is 48.6 Å². The molecular weight excluding hydrogens is 548 g/mol. The van der Waals surface area contributed by atoms with Crippen LogP contribution in [0.15, 0.2) is 50.5 Å². The van der Waals surface area contributed by atoms with Crippen molar-refractivity contribution in [2.24, 2.45) is 21.0 Å². The number of halogens is 5. The lowest BCUT2D eigenvalue weighted by Crippen LogP contribution is -2.42. The molecule has 1 saturated carbocycles. The second-order valence-corrected chi connectivity index (χ2v) is 11.8. The van der Waals surface area contributed by atoms with E-state index in [0.29, 0.717) is 22.0 Å². The zero-order chi connectivity index (χ0) is 27.9. The standard InChI is InChI=1S/C24H24ClF4N6O2S/c1-22(2,38(36)33-12-24(27,28)29)21(30)34-23(3,14-5-6-14)16-8-13(4-7-17(16)26)19-9-18(35-37-19)20-31-10-15(25)11-32-20/h4,7-11,14H,5-6,12H2,1-3H3,(H2,30,34)/q-1. The van der Waals surface area contributed by atoms with Crippen LogP contribution in [0.3, 0.4) is 0 Å². The second kappa shape index (κ2) is 10.3. The molecule has 204 valence electrons. The van der Waals surface area contributed by atoms with Gasteiger partial charge in [0.1, 0.15) is 12.4 Å². The summed E-state index contributed by atoms with van der Waals surface area (Å²) in [5, 5.41) is 4.34. The molecule has 0 amide bonds. The van der Waals surface area contributed by atoms with Crippen LogP contribution in [-0.4, -0.2) is 38.4 Å². The first-order valence-electron chi connectivity index (χ1n) is 11.5. The number of aliphatic imine (C=N–C) groups is 1. The number of hydrogen-bond donors (Lipinski definition) is 1. The minimum absolute atomic E-state index is 0.0881. The lowest BCUT2D eigenvalue weighted by atomic mass is 9.85.